The van der Waals surface area contributed by atoms with Crippen LogP contribution in [-0.4, -0.2) is 48.8 Å². The van der Waals surface area contributed by atoms with Gasteiger partial charge in [-0.15, -0.1) is 0 Å². The standard InChI is InChI=1S/C26H39BrN2O3S/c1-18(2)23-13-19(3)12-21(14-23)16-28-26(30)22-10-11-24(27)25(15-22)33(31,32)29(4)17-20-8-6-5-7-9-20/h6,8-11,15,18-19,21,23-25H,5,7,12-14,16-17H2,1-4H3,(H,28,30)/t19-,21+,23-,24?,25?/m0/s1. The second kappa shape index (κ2) is 11.5. The van der Waals surface area contributed by atoms with E-state index in [9.17, 15) is 13.2 Å². The molecule has 184 valence electrons. The molecule has 3 aliphatic carbocycles. The van der Waals surface area contributed by atoms with Crippen molar-refractivity contribution >= 4 is 31.9 Å². The van der Waals surface area contributed by atoms with Crippen LogP contribution in [0.4, 0.5) is 0 Å². The van der Waals surface area contributed by atoms with Gasteiger partial charge in [-0.05, 0) is 61.3 Å². The van der Waals surface area contributed by atoms with Crippen molar-refractivity contribution in [1.29, 1.82) is 0 Å². The Balaban J connectivity index is 1.64. The molecule has 0 spiro atoms. The molecular weight excluding hydrogens is 500 g/mol. The summed E-state index contributed by atoms with van der Waals surface area (Å²) in [5.41, 5.74) is 1.43. The van der Waals surface area contributed by atoms with Crippen LogP contribution in [-0.2, 0) is 14.8 Å². The summed E-state index contributed by atoms with van der Waals surface area (Å²) in [6, 6.07) is 0. The number of allylic oxidation sites excluding steroid dienone is 3. The summed E-state index contributed by atoms with van der Waals surface area (Å²) in [4.78, 5) is 12.6. The molecule has 7 heteroatoms. The highest BCUT2D eigenvalue weighted by Crippen LogP contribution is 2.36. The fraction of sp³-hybridized carbons (Fsp3) is 0.654. The van der Waals surface area contributed by atoms with E-state index in [4.69, 9.17) is 0 Å². The molecule has 0 heterocycles. The molecule has 33 heavy (non-hydrogen) atoms. The molecule has 1 fully saturated rings. The lowest BCUT2D eigenvalue weighted by atomic mass is 9.72. The number of hydrogen-bond donors (Lipinski definition) is 1. The summed E-state index contributed by atoms with van der Waals surface area (Å²) < 4.78 is 28.0. The van der Waals surface area contributed by atoms with E-state index in [0.717, 1.165) is 31.3 Å². The number of carbonyl (C=O) groups is 1. The highest BCUT2D eigenvalue weighted by atomic mass is 79.9. The third kappa shape index (κ3) is 6.92. The molecule has 0 bridgehead atoms. The number of alkyl halides is 1. The summed E-state index contributed by atoms with van der Waals surface area (Å²) in [6.07, 6.45) is 16.7. The molecule has 0 aliphatic heterocycles. The zero-order valence-electron chi connectivity index (χ0n) is 20.3. The third-order valence-corrected chi connectivity index (χ3v) is 10.5. The molecular formula is C26H39BrN2O3S. The van der Waals surface area contributed by atoms with Gasteiger partial charge in [-0.25, -0.2) is 12.7 Å². The maximum atomic E-state index is 13.3. The van der Waals surface area contributed by atoms with Crippen molar-refractivity contribution < 1.29 is 13.2 Å². The van der Waals surface area contributed by atoms with Gasteiger partial charge in [-0.2, -0.15) is 0 Å². The fourth-order valence-corrected chi connectivity index (χ4v) is 7.83. The largest absolute Gasteiger partial charge is 0.352 e. The van der Waals surface area contributed by atoms with Crippen molar-refractivity contribution in [2.24, 2.45) is 23.7 Å². The molecule has 5 atom stereocenters. The van der Waals surface area contributed by atoms with Crippen LogP contribution in [0, 0.1) is 23.7 Å². The van der Waals surface area contributed by atoms with Crippen molar-refractivity contribution in [3.05, 3.63) is 47.6 Å². The third-order valence-electron chi connectivity index (χ3n) is 7.21. The second-order valence-electron chi connectivity index (χ2n) is 10.3. The maximum Gasteiger partial charge on any atom is 0.250 e. The van der Waals surface area contributed by atoms with E-state index in [1.165, 1.54) is 10.7 Å². The minimum atomic E-state index is -3.63. The Kier molecular flexibility index (Phi) is 9.21. The smallest absolute Gasteiger partial charge is 0.250 e. The molecule has 3 aliphatic rings. The van der Waals surface area contributed by atoms with Crippen LogP contribution in [0.1, 0.15) is 52.9 Å². The van der Waals surface area contributed by atoms with Crippen LogP contribution >= 0.6 is 15.9 Å². The Labute approximate surface area is 208 Å². The zero-order valence-corrected chi connectivity index (χ0v) is 22.7. The maximum absolute atomic E-state index is 13.3. The lowest BCUT2D eigenvalue weighted by Crippen LogP contribution is -2.42. The summed E-state index contributed by atoms with van der Waals surface area (Å²) in [5.74, 6) is 2.33. The number of nitrogens with one attached hydrogen (secondary N) is 1. The van der Waals surface area contributed by atoms with Gasteiger partial charge in [0.15, 0.2) is 0 Å². The molecule has 1 N–H and O–H groups in total. The van der Waals surface area contributed by atoms with Gasteiger partial charge < -0.3 is 5.32 Å². The minimum absolute atomic E-state index is 0.189. The number of amides is 1. The molecule has 0 aromatic heterocycles. The van der Waals surface area contributed by atoms with Crippen molar-refractivity contribution in [3.63, 3.8) is 0 Å². The van der Waals surface area contributed by atoms with Crippen molar-refractivity contribution in [1.82, 2.24) is 9.62 Å². The van der Waals surface area contributed by atoms with Crippen molar-refractivity contribution in [2.75, 3.05) is 20.1 Å². The average Bonchev–Trinajstić information content (AvgIpc) is 2.78. The molecule has 0 aromatic carbocycles. The van der Waals surface area contributed by atoms with E-state index in [2.05, 4.69) is 54.2 Å². The number of likely N-dealkylation sites (N-methyl/N-ethyl adjacent to an activating group) is 1. The van der Waals surface area contributed by atoms with E-state index < -0.39 is 15.3 Å². The Morgan fingerprint density at radius 2 is 1.97 bits per heavy atom. The van der Waals surface area contributed by atoms with Gasteiger partial charge in [-0.3, -0.25) is 4.79 Å². The van der Waals surface area contributed by atoms with E-state index in [1.807, 2.05) is 6.08 Å². The van der Waals surface area contributed by atoms with Gasteiger partial charge in [0.05, 0.1) is 4.83 Å². The Hall–Kier alpha value is -1.18. The van der Waals surface area contributed by atoms with Crippen molar-refractivity contribution in [2.45, 2.75) is 63.0 Å². The minimum Gasteiger partial charge on any atom is -0.352 e. The first-order valence-corrected chi connectivity index (χ1v) is 14.6. The number of carbonyl (C=O) groups excluding carboxylic acids is 1. The molecule has 3 rings (SSSR count). The van der Waals surface area contributed by atoms with E-state index in [-0.39, 0.29) is 10.7 Å². The summed E-state index contributed by atoms with van der Waals surface area (Å²) in [7, 11) is -2.02. The normalized spacial score (nSPS) is 30.3. The fourth-order valence-electron chi connectivity index (χ4n) is 5.22. The molecule has 0 aromatic rings. The molecule has 1 saturated carbocycles. The second-order valence-corrected chi connectivity index (χ2v) is 13.6. The number of nitrogens with zero attached hydrogens (tertiary/aromatic N) is 1. The van der Waals surface area contributed by atoms with Gasteiger partial charge >= 0.3 is 0 Å². The van der Waals surface area contributed by atoms with Gasteiger partial charge in [-0.1, -0.05) is 73.2 Å². The number of halogens is 1. The van der Waals surface area contributed by atoms with E-state index >= 15 is 0 Å². The van der Waals surface area contributed by atoms with E-state index in [0.29, 0.717) is 42.3 Å². The van der Waals surface area contributed by atoms with Crippen molar-refractivity contribution in [3.8, 4) is 0 Å². The predicted octanol–water partition coefficient (Wildman–Crippen LogP) is 4.98. The summed E-state index contributed by atoms with van der Waals surface area (Å²) in [5, 5.41) is 2.27. The highest BCUT2D eigenvalue weighted by Gasteiger charge is 2.36. The summed E-state index contributed by atoms with van der Waals surface area (Å²) in [6.45, 7) is 7.85. The molecule has 2 unspecified atom stereocenters. The van der Waals surface area contributed by atoms with Gasteiger partial charge in [0.25, 0.3) is 5.91 Å². The lowest BCUT2D eigenvalue weighted by molar-refractivity contribution is -0.117. The Bertz CT molecular complexity index is 935. The lowest BCUT2D eigenvalue weighted by Gasteiger charge is -2.35. The van der Waals surface area contributed by atoms with Gasteiger partial charge in [0, 0.05) is 25.7 Å². The molecule has 5 nitrogen and oxygen atoms in total. The van der Waals surface area contributed by atoms with Crippen LogP contribution < -0.4 is 5.32 Å². The van der Waals surface area contributed by atoms with Crippen LogP contribution in [0.3, 0.4) is 0 Å². The van der Waals surface area contributed by atoms with Gasteiger partial charge in [0.1, 0.15) is 5.25 Å². The van der Waals surface area contributed by atoms with E-state index in [1.54, 1.807) is 25.3 Å². The highest BCUT2D eigenvalue weighted by molar-refractivity contribution is 9.09. The van der Waals surface area contributed by atoms with Crippen LogP contribution in [0.15, 0.2) is 47.6 Å². The van der Waals surface area contributed by atoms with Crippen LogP contribution in [0.25, 0.3) is 0 Å². The number of rotatable bonds is 8. The first kappa shape index (κ1) is 26.4. The Morgan fingerprint density at radius 1 is 1.21 bits per heavy atom. The first-order valence-electron chi connectivity index (χ1n) is 12.2. The van der Waals surface area contributed by atoms with Crippen LogP contribution in [0.5, 0.6) is 0 Å². The zero-order chi connectivity index (χ0) is 24.2. The molecule has 1 amide bonds. The average molecular weight is 540 g/mol. The first-order chi connectivity index (χ1) is 15.6. The molecule has 0 radical (unpaired) electrons. The Morgan fingerprint density at radius 3 is 2.64 bits per heavy atom. The van der Waals surface area contributed by atoms with Crippen LogP contribution in [0.2, 0.25) is 0 Å². The topological polar surface area (TPSA) is 66.5 Å². The summed E-state index contributed by atoms with van der Waals surface area (Å²) >= 11 is 3.49. The molecule has 0 saturated heterocycles. The SMILES string of the molecule is CC(C)[C@H]1C[C@@H](C)C[C@@H](CNC(=O)C2=CC(S(=O)(=O)N(C)CC3=CCCC=C3)C(Br)C=C2)C1. The number of sulfonamides is 1. The number of hydrogen-bond acceptors (Lipinski definition) is 3. The quantitative estimate of drug-likeness (QED) is 0.443. The monoisotopic (exact) mass is 538 g/mol. The van der Waals surface area contributed by atoms with Gasteiger partial charge in [0.2, 0.25) is 10.0 Å². The predicted molar refractivity (Wildman–Crippen MR) is 140 cm³/mol.